The van der Waals surface area contributed by atoms with Crippen molar-refractivity contribution in [3.8, 4) is 5.75 Å². The van der Waals surface area contributed by atoms with Crippen molar-refractivity contribution >= 4 is 10.0 Å². The Labute approximate surface area is 126 Å². The van der Waals surface area contributed by atoms with Gasteiger partial charge in [-0.3, -0.25) is 0 Å². The highest BCUT2D eigenvalue weighted by Crippen LogP contribution is 2.40. The highest BCUT2D eigenvalue weighted by atomic mass is 32.2. The average Bonchev–Trinajstić information content (AvgIpc) is 3.11. The molecule has 1 aromatic rings. The molecule has 1 aliphatic heterocycles. The molecule has 116 valence electrons. The van der Waals surface area contributed by atoms with Crippen LogP contribution in [-0.2, 0) is 10.0 Å². The molecule has 0 amide bonds. The predicted molar refractivity (Wildman–Crippen MR) is 80.6 cm³/mol. The Morgan fingerprint density at radius 3 is 2.57 bits per heavy atom. The Kier molecular flexibility index (Phi) is 4.19. The Balaban J connectivity index is 1.71. The fourth-order valence-corrected chi connectivity index (χ4v) is 5.03. The third kappa shape index (κ3) is 2.93. The standard InChI is InChI=1S/C15H22N2O3S/c16-8-1-9-20-14-4-6-15(7-5-14)21(18,19)17-11-12-2-3-13(17)10-12/h4-7,12-13H,1-3,8-11,16H2. The molecule has 1 saturated carbocycles. The summed E-state index contributed by atoms with van der Waals surface area (Å²) in [4.78, 5) is 0.362. The molecule has 1 heterocycles. The van der Waals surface area contributed by atoms with Crippen molar-refractivity contribution in [2.45, 2.75) is 36.6 Å². The van der Waals surface area contributed by atoms with Gasteiger partial charge in [0.25, 0.3) is 0 Å². The maximum Gasteiger partial charge on any atom is 0.243 e. The highest BCUT2D eigenvalue weighted by molar-refractivity contribution is 7.89. The van der Waals surface area contributed by atoms with Crippen LogP contribution in [0.5, 0.6) is 5.75 Å². The summed E-state index contributed by atoms with van der Waals surface area (Å²) in [6, 6.07) is 6.92. The van der Waals surface area contributed by atoms with E-state index in [9.17, 15) is 8.42 Å². The average molecular weight is 310 g/mol. The van der Waals surface area contributed by atoms with Crippen molar-refractivity contribution in [1.82, 2.24) is 4.31 Å². The van der Waals surface area contributed by atoms with Gasteiger partial charge in [0.15, 0.2) is 0 Å². The molecule has 0 spiro atoms. The number of rotatable bonds is 6. The van der Waals surface area contributed by atoms with E-state index in [1.807, 2.05) is 0 Å². The third-order valence-electron chi connectivity index (χ3n) is 4.41. The number of nitrogens with two attached hydrogens (primary N) is 1. The molecule has 5 nitrogen and oxygen atoms in total. The number of sulfonamides is 1. The molecule has 1 saturated heterocycles. The summed E-state index contributed by atoms with van der Waals surface area (Å²) in [5.74, 6) is 1.24. The van der Waals surface area contributed by atoms with Crippen LogP contribution in [0.1, 0.15) is 25.7 Å². The van der Waals surface area contributed by atoms with Gasteiger partial charge in [0.1, 0.15) is 5.75 Å². The molecule has 3 rings (SSSR count). The second-order valence-corrected chi connectivity index (χ2v) is 7.76. The molecule has 21 heavy (non-hydrogen) atoms. The minimum Gasteiger partial charge on any atom is -0.494 e. The highest BCUT2D eigenvalue weighted by Gasteiger charge is 2.44. The first-order valence-corrected chi connectivity index (χ1v) is 9.00. The van der Waals surface area contributed by atoms with Gasteiger partial charge in [0.05, 0.1) is 11.5 Å². The summed E-state index contributed by atoms with van der Waals surface area (Å²) in [6.07, 6.45) is 3.99. The lowest BCUT2D eigenvalue weighted by atomic mass is 10.1. The molecule has 1 aliphatic carbocycles. The van der Waals surface area contributed by atoms with Gasteiger partial charge in [-0.2, -0.15) is 4.31 Å². The number of nitrogens with zero attached hydrogens (tertiary/aromatic N) is 1. The quantitative estimate of drug-likeness (QED) is 0.810. The monoisotopic (exact) mass is 310 g/mol. The Bertz CT molecular complexity index is 585. The summed E-state index contributed by atoms with van der Waals surface area (Å²) in [7, 11) is -3.35. The molecule has 0 aromatic heterocycles. The van der Waals surface area contributed by atoms with E-state index in [1.54, 1.807) is 28.6 Å². The zero-order valence-electron chi connectivity index (χ0n) is 12.1. The van der Waals surface area contributed by atoms with E-state index in [2.05, 4.69) is 0 Å². The minimum atomic E-state index is -3.35. The molecule has 1 aromatic carbocycles. The van der Waals surface area contributed by atoms with Crippen molar-refractivity contribution in [2.75, 3.05) is 19.7 Å². The first-order chi connectivity index (χ1) is 10.1. The molecule has 2 bridgehead atoms. The van der Waals surface area contributed by atoms with Crippen molar-refractivity contribution in [1.29, 1.82) is 0 Å². The first kappa shape index (κ1) is 14.8. The minimum absolute atomic E-state index is 0.209. The van der Waals surface area contributed by atoms with E-state index in [4.69, 9.17) is 10.5 Å². The van der Waals surface area contributed by atoms with Crippen LogP contribution in [0.3, 0.4) is 0 Å². The van der Waals surface area contributed by atoms with Gasteiger partial charge in [-0.15, -0.1) is 0 Å². The van der Waals surface area contributed by atoms with Gasteiger partial charge in [0.2, 0.25) is 10.0 Å². The second kappa shape index (κ2) is 5.94. The lowest BCUT2D eigenvalue weighted by Crippen LogP contribution is -2.37. The summed E-state index contributed by atoms with van der Waals surface area (Å²) in [6.45, 7) is 1.82. The zero-order chi connectivity index (χ0) is 14.9. The first-order valence-electron chi connectivity index (χ1n) is 7.56. The lowest BCUT2D eigenvalue weighted by molar-refractivity contribution is 0.313. The third-order valence-corrected chi connectivity index (χ3v) is 6.34. The van der Waals surface area contributed by atoms with Crippen molar-refractivity contribution < 1.29 is 13.2 Å². The molecule has 6 heteroatoms. The zero-order valence-corrected chi connectivity index (χ0v) is 12.9. The lowest BCUT2D eigenvalue weighted by Gasteiger charge is -2.26. The number of hydrogen-bond acceptors (Lipinski definition) is 4. The molecular formula is C15H22N2O3S. The van der Waals surface area contributed by atoms with Gasteiger partial charge in [-0.05, 0) is 62.4 Å². The van der Waals surface area contributed by atoms with Crippen LogP contribution in [0.2, 0.25) is 0 Å². The topological polar surface area (TPSA) is 72.6 Å². The summed E-state index contributed by atoms with van der Waals surface area (Å²) >= 11 is 0. The van der Waals surface area contributed by atoms with Crippen LogP contribution in [0, 0.1) is 5.92 Å². The van der Waals surface area contributed by atoms with Gasteiger partial charge in [-0.25, -0.2) is 8.42 Å². The van der Waals surface area contributed by atoms with E-state index in [-0.39, 0.29) is 6.04 Å². The second-order valence-electron chi connectivity index (χ2n) is 5.87. The number of piperidine rings is 1. The normalized spacial score (nSPS) is 25.4. The number of hydrogen-bond donors (Lipinski definition) is 1. The Morgan fingerprint density at radius 2 is 2.00 bits per heavy atom. The van der Waals surface area contributed by atoms with E-state index in [1.165, 1.54) is 6.42 Å². The maximum absolute atomic E-state index is 12.7. The Hall–Kier alpha value is -1.11. The van der Waals surface area contributed by atoms with E-state index in [0.717, 1.165) is 19.3 Å². The van der Waals surface area contributed by atoms with Gasteiger partial charge >= 0.3 is 0 Å². The van der Waals surface area contributed by atoms with Crippen LogP contribution >= 0.6 is 0 Å². The fourth-order valence-electron chi connectivity index (χ4n) is 3.29. The summed E-state index contributed by atoms with van der Waals surface area (Å²) in [5, 5.41) is 0. The van der Waals surface area contributed by atoms with E-state index < -0.39 is 10.0 Å². The molecule has 2 atom stereocenters. The molecule has 2 aliphatic rings. The Morgan fingerprint density at radius 1 is 1.24 bits per heavy atom. The smallest absolute Gasteiger partial charge is 0.243 e. The number of ether oxygens (including phenoxy) is 1. The molecule has 2 unspecified atom stereocenters. The number of benzene rings is 1. The summed E-state index contributed by atoms with van der Waals surface area (Å²) in [5.41, 5.74) is 5.41. The van der Waals surface area contributed by atoms with Crippen molar-refractivity contribution in [3.63, 3.8) is 0 Å². The van der Waals surface area contributed by atoms with Crippen molar-refractivity contribution in [2.24, 2.45) is 11.7 Å². The maximum atomic E-state index is 12.7. The predicted octanol–water partition coefficient (Wildman–Crippen LogP) is 1.59. The molecular weight excluding hydrogens is 288 g/mol. The molecule has 2 fully saturated rings. The van der Waals surface area contributed by atoms with Gasteiger partial charge in [-0.1, -0.05) is 0 Å². The van der Waals surface area contributed by atoms with Crippen LogP contribution in [0.25, 0.3) is 0 Å². The van der Waals surface area contributed by atoms with Gasteiger partial charge in [0, 0.05) is 12.6 Å². The molecule has 2 N–H and O–H groups in total. The van der Waals surface area contributed by atoms with Crippen molar-refractivity contribution in [3.05, 3.63) is 24.3 Å². The SMILES string of the molecule is NCCCOc1ccc(S(=O)(=O)N2CC3CCC2C3)cc1. The van der Waals surface area contributed by atoms with Crippen LogP contribution < -0.4 is 10.5 Å². The number of fused-ring (bicyclic) bond motifs is 2. The van der Waals surface area contributed by atoms with E-state index >= 15 is 0 Å². The van der Waals surface area contributed by atoms with Gasteiger partial charge < -0.3 is 10.5 Å². The van der Waals surface area contributed by atoms with Crippen LogP contribution in [0.4, 0.5) is 0 Å². The largest absolute Gasteiger partial charge is 0.494 e. The van der Waals surface area contributed by atoms with E-state index in [0.29, 0.717) is 36.3 Å². The van der Waals surface area contributed by atoms with Crippen LogP contribution in [-0.4, -0.2) is 38.5 Å². The van der Waals surface area contributed by atoms with Crippen LogP contribution in [0.15, 0.2) is 29.2 Å². The fraction of sp³-hybridized carbons (Fsp3) is 0.600. The molecule has 0 radical (unpaired) electrons. The summed E-state index contributed by atoms with van der Waals surface area (Å²) < 4.78 is 32.5.